The molecule has 0 aliphatic rings. The standard InChI is InChI=1S/C13H21NO/c1-4-13(2,9-10-14)11-7-5-6-8-12(11)15-3/h5-8H,4,9-10,14H2,1-3H3/t13-/m0/s1. The first kappa shape index (κ1) is 12.1. The second-order valence-electron chi connectivity index (χ2n) is 4.15. The summed E-state index contributed by atoms with van der Waals surface area (Å²) in [5.74, 6) is 0.968. The van der Waals surface area contributed by atoms with Crippen LogP contribution in [0.1, 0.15) is 32.3 Å². The zero-order valence-corrected chi connectivity index (χ0v) is 9.92. The van der Waals surface area contributed by atoms with Crippen LogP contribution in [0.2, 0.25) is 0 Å². The number of para-hydroxylation sites is 1. The second-order valence-corrected chi connectivity index (χ2v) is 4.15. The first-order valence-corrected chi connectivity index (χ1v) is 5.51. The van der Waals surface area contributed by atoms with Crippen LogP contribution in [0.15, 0.2) is 24.3 Å². The minimum atomic E-state index is 0.126. The van der Waals surface area contributed by atoms with E-state index in [1.807, 2.05) is 12.1 Å². The molecule has 1 aromatic rings. The van der Waals surface area contributed by atoms with E-state index >= 15 is 0 Å². The zero-order chi connectivity index (χ0) is 11.3. The summed E-state index contributed by atoms with van der Waals surface area (Å²) < 4.78 is 5.40. The maximum Gasteiger partial charge on any atom is 0.122 e. The molecule has 0 spiro atoms. The third kappa shape index (κ3) is 2.51. The Labute approximate surface area is 92.4 Å². The molecule has 84 valence electrons. The van der Waals surface area contributed by atoms with Gasteiger partial charge in [-0.2, -0.15) is 0 Å². The van der Waals surface area contributed by atoms with Gasteiger partial charge < -0.3 is 10.5 Å². The van der Waals surface area contributed by atoms with Gasteiger partial charge in [-0.1, -0.05) is 32.0 Å². The largest absolute Gasteiger partial charge is 0.496 e. The van der Waals surface area contributed by atoms with Gasteiger partial charge in [0.25, 0.3) is 0 Å². The molecule has 0 aliphatic heterocycles. The monoisotopic (exact) mass is 207 g/mol. The Morgan fingerprint density at radius 2 is 2.00 bits per heavy atom. The van der Waals surface area contributed by atoms with Gasteiger partial charge in [0, 0.05) is 5.56 Å². The molecule has 0 aliphatic carbocycles. The molecular formula is C13H21NO. The molecule has 0 saturated carbocycles. The summed E-state index contributed by atoms with van der Waals surface area (Å²) in [6, 6.07) is 8.21. The molecule has 0 unspecified atom stereocenters. The third-order valence-corrected chi connectivity index (χ3v) is 3.23. The van der Waals surface area contributed by atoms with Crippen LogP contribution in [-0.2, 0) is 5.41 Å². The van der Waals surface area contributed by atoms with Crippen LogP contribution in [0.25, 0.3) is 0 Å². The molecule has 0 aromatic heterocycles. The van der Waals surface area contributed by atoms with Gasteiger partial charge in [0.05, 0.1) is 7.11 Å². The quantitative estimate of drug-likeness (QED) is 0.805. The molecule has 2 nitrogen and oxygen atoms in total. The Hall–Kier alpha value is -1.02. The minimum absolute atomic E-state index is 0.126. The van der Waals surface area contributed by atoms with E-state index in [0.29, 0.717) is 6.54 Å². The number of methoxy groups -OCH3 is 1. The summed E-state index contributed by atoms with van der Waals surface area (Å²) >= 11 is 0. The number of benzene rings is 1. The second kappa shape index (κ2) is 5.17. The average molecular weight is 207 g/mol. The molecule has 0 bridgehead atoms. The van der Waals surface area contributed by atoms with Crippen molar-refractivity contribution in [1.29, 1.82) is 0 Å². The highest BCUT2D eigenvalue weighted by molar-refractivity contribution is 5.39. The number of hydrogen-bond donors (Lipinski definition) is 1. The first-order chi connectivity index (χ1) is 7.18. The van der Waals surface area contributed by atoms with Gasteiger partial charge >= 0.3 is 0 Å². The Balaban J connectivity index is 3.10. The lowest BCUT2D eigenvalue weighted by Gasteiger charge is -2.29. The van der Waals surface area contributed by atoms with Crippen LogP contribution >= 0.6 is 0 Å². The first-order valence-electron chi connectivity index (χ1n) is 5.51. The van der Waals surface area contributed by atoms with Gasteiger partial charge in [-0.25, -0.2) is 0 Å². The molecule has 0 heterocycles. The van der Waals surface area contributed by atoms with Crippen molar-refractivity contribution in [2.24, 2.45) is 5.73 Å². The van der Waals surface area contributed by atoms with Crippen molar-refractivity contribution < 1.29 is 4.74 Å². The lowest BCUT2D eigenvalue weighted by molar-refractivity contribution is 0.369. The van der Waals surface area contributed by atoms with Crippen molar-refractivity contribution in [2.45, 2.75) is 32.1 Å². The van der Waals surface area contributed by atoms with Gasteiger partial charge in [-0.05, 0) is 30.9 Å². The Morgan fingerprint density at radius 1 is 1.33 bits per heavy atom. The highest BCUT2D eigenvalue weighted by atomic mass is 16.5. The average Bonchev–Trinajstić information content (AvgIpc) is 2.29. The predicted molar refractivity (Wildman–Crippen MR) is 64.3 cm³/mol. The Kier molecular flexibility index (Phi) is 4.15. The molecule has 1 rings (SSSR count). The summed E-state index contributed by atoms with van der Waals surface area (Å²) in [6.07, 6.45) is 2.06. The number of rotatable bonds is 5. The van der Waals surface area contributed by atoms with Crippen LogP contribution in [0.3, 0.4) is 0 Å². The lowest BCUT2D eigenvalue weighted by Crippen LogP contribution is -2.25. The smallest absolute Gasteiger partial charge is 0.122 e. The highest BCUT2D eigenvalue weighted by Gasteiger charge is 2.26. The van der Waals surface area contributed by atoms with Gasteiger partial charge in [0.1, 0.15) is 5.75 Å². The molecule has 2 heteroatoms. The fraction of sp³-hybridized carbons (Fsp3) is 0.538. The summed E-state index contributed by atoms with van der Waals surface area (Å²) in [7, 11) is 1.72. The van der Waals surface area contributed by atoms with E-state index < -0.39 is 0 Å². The van der Waals surface area contributed by atoms with Crippen molar-refractivity contribution in [3.63, 3.8) is 0 Å². The van der Waals surface area contributed by atoms with E-state index in [-0.39, 0.29) is 5.41 Å². The van der Waals surface area contributed by atoms with Crippen LogP contribution in [-0.4, -0.2) is 13.7 Å². The van der Waals surface area contributed by atoms with Crippen molar-refractivity contribution in [1.82, 2.24) is 0 Å². The van der Waals surface area contributed by atoms with Crippen molar-refractivity contribution >= 4 is 0 Å². The molecule has 1 aromatic carbocycles. The number of hydrogen-bond acceptors (Lipinski definition) is 2. The van der Waals surface area contributed by atoms with Crippen molar-refractivity contribution in [2.75, 3.05) is 13.7 Å². The maximum absolute atomic E-state index is 5.68. The van der Waals surface area contributed by atoms with E-state index in [1.165, 1.54) is 5.56 Å². The molecule has 0 fully saturated rings. The topological polar surface area (TPSA) is 35.2 Å². The van der Waals surface area contributed by atoms with Gasteiger partial charge in [0.2, 0.25) is 0 Å². The van der Waals surface area contributed by atoms with Crippen LogP contribution in [0.4, 0.5) is 0 Å². The summed E-state index contributed by atoms with van der Waals surface area (Å²) in [6.45, 7) is 5.15. The van der Waals surface area contributed by atoms with E-state index in [1.54, 1.807) is 7.11 Å². The van der Waals surface area contributed by atoms with Crippen molar-refractivity contribution in [3.8, 4) is 5.75 Å². The predicted octanol–water partition coefficient (Wildman–Crippen LogP) is 2.71. The molecule has 0 amide bonds. The Morgan fingerprint density at radius 3 is 2.53 bits per heavy atom. The SMILES string of the molecule is CC[C@@](C)(CCN)c1ccccc1OC. The summed E-state index contributed by atoms with van der Waals surface area (Å²) in [5.41, 5.74) is 7.07. The summed E-state index contributed by atoms with van der Waals surface area (Å²) in [5, 5.41) is 0. The van der Waals surface area contributed by atoms with Crippen LogP contribution < -0.4 is 10.5 Å². The van der Waals surface area contributed by atoms with Gasteiger partial charge in [-0.15, -0.1) is 0 Å². The zero-order valence-electron chi connectivity index (χ0n) is 9.92. The number of ether oxygens (including phenoxy) is 1. The van der Waals surface area contributed by atoms with E-state index in [2.05, 4.69) is 26.0 Å². The van der Waals surface area contributed by atoms with E-state index in [9.17, 15) is 0 Å². The summed E-state index contributed by atoms with van der Waals surface area (Å²) in [4.78, 5) is 0. The molecule has 2 N–H and O–H groups in total. The highest BCUT2D eigenvalue weighted by Crippen LogP contribution is 2.36. The minimum Gasteiger partial charge on any atom is -0.496 e. The third-order valence-electron chi connectivity index (χ3n) is 3.23. The van der Waals surface area contributed by atoms with Gasteiger partial charge in [-0.3, -0.25) is 0 Å². The lowest BCUT2D eigenvalue weighted by atomic mass is 9.77. The molecule has 0 saturated heterocycles. The number of nitrogens with two attached hydrogens (primary N) is 1. The Bertz CT molecular complexity index is 311. The fourth-order valence-corrected chi connectivity index (χ4v) is 1.96. The molecule has 1 atom stereocenters. The molecule has 15 heavy (non-hydrogen) atoms. The van der Waals surface area contributed by atoms with E-state index in [4.69, 9.17) is 10.5 Å². The maximum atomic E-state index is 5.68. The van der Waals surface area contributed by atoms with E-state index in [0.717, 1.165) is 18.6 Å². The van der Waals surface area contributed by atoms with Crippen LogP contribution in [0.5, 0.6) is 5.75 Å². The molecular weight excluding hydrogens is 186 g/mol. The normalized spacial score (nSPS) is 14.7. The van der Waals surface area contributed by atoms with Crippen molar-refractivity contribution in [3.05, 3.63) is 29.8 Å². The fourth-order valence-electron chi connectivity index (χ4n) is 1.96. The molecule has 0 radical (unpaired) electrons. The van der Waals surface area contributed by atoms with Crippen LogP contribution in [0, 0.1) is 0 Å². The van der Waals surface area contributed by atoms with Gasteiger partial charge in [0.15, 0.2) is 0 Å².